The number of nitrogens with zero attached hydrogens (tertiary/aromatic N) is 2. The van der Waals surface area contributed by atoms with E-state index in [4.69, 9.17) is 5.53 Å². The molecule has 6 heteroatoms. The van der Waals surface area contributed by atoms with Crippen LogP contribution in [-0.4, -0.2) is 18.1 Å². The highest BCUT2D eigenvalue weighted by Gasteiger charge is 2.04. The second-order valence-electron chi connectivity index (χ2n) is 7.46. The van der Waals surface area contributed by atoms with Crippen molar-refractivity contribution in [2.45, 2.75) is 37.0 Å². The molecule has 0 spiro atoms. The van der Waals surface area contributed by atoms with Crippen molar-refractivity contribution in [1.82, 2.24) is 15.0 Å². The van der Waals surface area contributed by atoms with E-state index in [9.17, 15) is 0 Å². The minimum absolute atomic E-state index is 0.607. The Balaban J connectivity index is 1.25. The molecule has 0 saturated heterocycles. The summed E-state index contributed by atoms with van der Waals surface area (Å²) in [6.07, 6.45) is 11.2. The quantitative estimate of drug-likeness (QED) is 0.143. The van der Waals surface area contributed by atoms with Crippen molar-refractivity contribution in [2.24, 2.45) is 5.11 Å². The van der Waals surface area contributed by atoms with Gasteiger partial charge in [0.15, 0.2) is 0 Å². The molecule has 0 unspecified atom stereocenters. The van der Waals surface area contributed by atoms with Crippen LogP contribution in [0.4, 0.5) is 0 Å². The Kier molecular flexibility index (Phi) is 10.5. The van der Waals surface area contributed by atoms with Crippen molar-refractivity contribution in [1.29, 1.82) is 5.53 Å². The van der Waals surface area contributed by atoms with E-state index in [0.717, 1.165) is 25.1 Å². The summed E-state index contributed by atoms with van der Waals surface area (Å²) in [6.45, 7) is 1.90. The highest BCUT2D eigenvalue weighted by Crippen LogP contribution is 2.29. The van der Waals surface area contributed by atoms with E-state index in [1.54, 1.807) is 30.5 Å². The van der Waals surface area contributed by atoms with Crippen LogP contribution >= 0.6 is 11.9 Å². The van der Waals surface area contributed by atoms with Crippen LogP contribution < -0.4 is 10.0 Å². The lowest BCUT2D eigenvalue weighted by molar-refractivity contribution is 0.602. The fourth-order valence-electron chi connectivity index (χ4n) is 3.36. The minimum Gasteiger partial charge on any atom is -0.389 e. The first-order valence-corrected chi connectivity index (χ1v) is 12.0. The lowest BCUT2D eigenvalue weighted by Gasteiger charge is -2.10. The lowest BCUT2D eigenvalue weighted by Crippen LogP contribution is -2.08. The summed E-state index contributed by atoms with van der Waals surface area (Å²) in [5.41, 5.74) is 11.3. The van der Waals surface area contributed by atoms with Gasteiger partial charge in [0.1, 0.15) is 5.70 Å². The molecule has 0 fully saturated rings. The van der Waals surface area contributed by atoms with E-state index in [1.807, 2.05) is 12.1 Å². The summed E-state index contributed by atoms with van der Waals surface area (Å²) in [4.78, 5) is 5.34. The summed E-state index contributed by atoms with van der Waals surface area (Å²) >= 11 is 1.72. The zero-order chi connectivity index (χ0) is 22.3. The molecule has 2 aromatic carbocycles. The average Bonchev–Trinajstić information content (AvgIpc) is 2.86. The van der Waals surface area contributed by atoms with E-state index in [-0.39, 0.29) is 0 Å². The fourth-order valence-corrected chi connectivity index (χ4v) is 4.20. The molecule has 0 atom stereocenters. The second-order valence-corrected chi connectivity index (χ2v) is 8.40. The Morgan fingerprint density at radius 2 is 1.62 bits per heavy atom. The van der Waals surface area contributed by atoms with E-state index < -0.39 is 0 Å². The lowest BCUT2D eigenvalue weighted by atomic mass is 10.1. The summed E-state index contributed by atoms with van der Waals surface area (Å²) in [7, 11) is 0. The third kappa shape index (κ3) is 7.94. The SMILES string of the molecule is N=N/C(=C\NCCCCCCCNSc1ccccc1-c1ccccc1)c1cccnc1. The third-order valence-corrected chi connectivity index (χ3v) is 5.99. The standard InChI is InChI=1S/C26H31N5S/c27-31-25(23-14-11-18-28-20-23)21-29-17-9-2-1-3-10-19-30-32-26-16-8-7-15-24(26)22-12-5-4-6-13-22/h4-8,11-16,18,20-21,27,29-30H,1-3,9-10,17,19H2/b25-21-,31-27?. The molecule has 3 N–H and O–H groups in total. The highest BCUT2D eigenvalue weighted by atomic mass is 32.2. The molecule has 1 aromatic heterocycles. The number of rotatable bonds is 14. The van der Waals surface area contributed by atoms with Crippen LogP contribution in [0, 0.1) is 5.53 Å². The molecule has 0 bridgehead atoms. The molecule has 0 saturated carbocycles. The van der Waals surface area contributed by atoms with Crippen LogP contribution in [0.1, 0.15) is 37.7 Å². The smallest absolute Gasteiger partial charge is 0.109 e. The Labute approximate surface area is 195 Å². The van der Waals surface area contributed by atoms with Crippen molar-refractivity contribution in [3.05, 3.63) is 90.9 Å². The van der Waals surface area contributed by atoms with Gasteiger partial charge in [0.2, 0.25) is 0 Å². The van der Waals surface area contributed by atoms with E-state index >= 15 is 0 Å². The monoisotopic (exact) mass is 445 g/mol. The van der Waals surface area contributed by atoms with Gasteiger partial charge in [-0.15, -0.1) is 0 Å². The normalized spacial score (nSPS) is 11.3. The Morgan fingerprint density at radius 1 is 0.875 bits per heavy atom. The molecule has 166 valence electrons. The highest BCUT2D eigenvalue weighted by molar-refractivity contribution is 7.97. The number of pyridine rings is 1. The van der Waals surface area contributed by atoms with Gasteiger partial charge in [0.25, 0.3) is 0 Å². The Hall–Kier alpha value is -2.96. The van der Waals surface area contributed by atoms with Gasteiger partial charge in [0, 0.05) is 42.1 Å². The molecule has 0 amide bonds. The van der Waals surface area contributed by atoms with Crippen LogP contribution in [0.2, 0.25) is 0 Å². The van der Waals surface area contributed by atoms with Gasteiger partial charge in [-0.25, -0.2) is 5.53 Å². The zero-order valence-corrected chi connectivity index (χ0v) is 19.2. The van der Waals surface area contributed by atoms with Crippen LogP contribution in [0.3, 0.4) is 0 Å². The molecular formula is C26H31N5S. The number of hydrogen-bond acceptors (Lipinski definition) is 6. The Morgan fingerprint density at radius 3 is 2.41 bits per heavy atom. The number of unbranched alkanes of at least 4 members (excludes halogenated alkanes) is 4. The third-order valence-electron chi connectivity index (χ3n) is 5.07. The molecule has 32 heavy (non-hydrogen) atoms. The van der Waals surface area contributed by atoms with Crippen molar-refractivity contribution < 1.29 is 0 Å². The van der Waals surface area contributed by atoms with Gasteiger partial charge in [-0.2, -0.15) is 5.11 Å². The fraction of sp³-hybridized carbons (Fsp3) is 0.269. The first-order valence-electron chi connectivity index (χ1n) is 11.1. The van der Waals surface area contributed by atoms with Gasteiger partial charge in [0.05, 0.1) is 0 Å². The van der Waals surface area contributed by atoms with E-state index in [2.05, 4.69) is 74.7 Å². The maximum Gasteiger partial charge on any atom is 0.109 e. The molecule has 1 heterocycles. The Bertz CT molecular complexity index is 960. The topological polar surface area (TPSA) is 73.2 Å². The van der Waals surface area contributed by atoms with Crippen molar-refractivity contribution >= 4 is 17.6 Å². The number of hydrogen-bond donors (Lipinski definition) is 3. The van der Waals surface area contributed by atoms with Crippen LogP contribution in [0.25, 0.3) is 16.8 Å². The predicted molar refractivity (Wildman–Crippen MR) is 134 cm³/mol. The maximum absolute atomic E-state index is 7.32. The van der Waals surface area contributed by atoms with E-state index in [0.29, 0.717) is 5.70 Å². The minimum atomic E-state index is 0.607. The first kappa shape index (κ1) is 23.7. The average molecular weight is 446 g/mol. The van der Waals surface area contributed by atoms with Crippen molar-refractivity contribution in [3.63, 3.8) is 0 Å². The second kappa shape index (κ2) is 14.2. The zero-order valence-electron chi connectivity index (χ0n) is 18.3. The molecule has 0 radical (unpaired) electrons. The van der Waals surface area contributed by atoms with Crippen molar-refractivity contribution in [2.75, 3.05) is 13.1 Å². The van der Waals surface area contributed by atoms with Crippen LogP contribution in [0.15, 0.2) is 95.3 Å². The summed E-state index contributed by atoms with van der Waals surface area (Å²) in [6, 6.07) is 22.8. The molecule has 0 aliphatic rings. The van der Waals surface area contributed by atoms with E-state index in [1.165, 1.54) is 41.7 Å². The van der Waals surface area contributed by atoms with Crippen LogP contribution in [0.5, 0.6) is 0 Å². The summed E-state index contributed by atoms with van der Waals surface area (Å²) < 4.78 is 3.52. The van der Waals surface area contributed by atoms with Gasteiger partial charge in [-0.05, 0) is 54.1 Å². The summed E-state index contributed by atoms with van der Waals surface area (Å²) in [5, 5.41) is 6.84. The van der Waals surface area contributed by atoms with Crippen LogP contribution in [-0.2, 0) is 0 Å². The predicted octanol–water partition coefficient (Wildman–Crippen LogP) is 6.91. The summed E-state index contributed by atoms with van der Waals surface area (Å²) in [5.74, 6) is 0. The first-order chi connectivity index (χ1) is 15.9. The number of benzene rings is 2. The van der Waals surface area contributed by atoms with Crippen molar-refractivity contribution in [3.8, 4) is 11.1 Å². The van der Waals surface area contributed by atoms with Gasteiger partial charge < -0.3 is 5.32 Å². The molecule has 0 aliphatic heterocycles. The molecule has 0 aliphatic carbocycles. The van der Waals surface area contributed by atoms with Gasteiger partial charge >= 0.3 is 0 Å². The number of aromatic nitrogens is 1. The molecule has 3 aromatic rings. The maximum atomic E-state index is 7.32. The van der Waals surface area contributed by atoms with Gasteiger partial charge in [-0.1, -0.05) is 67.8 Å². The van der Waals surface area contributed by atoms with Gasteiger partial charge in [-0.3, -0.25) is 9.71 Å². The molecule has 5 nitrogen and oxygen atoms in total. The molecule has 3 rings (SSSR count). The largest absolute Gasteiger partial charge is 0.389 e. The number of nitrogens with one attached hydrogen (secondary N) is 3. The molecular weight excluding hydrogens is 414 g/mol.